The highest BCUT2D eigenvalue weighted by atomic mass is 79.9. The first kappa shape index (κ1) is 59.8. The maximum absolute atomic E-state index is 2.87. The Morgan fingerprint density at radius 2 is 0.429 bits per heavy atom. The van der Waals surface area contributed by atoms with Gasteiger partial charge in [-0.3, -0.25) is 28.8 Å². The molecule has 0 atom stereocenters. The maximum atomic E-state index is 2.87. The van der Waals surface area contributed by atoms with E-state index in [1.165, 1.54) is 233 Å². The molecule has 6 nitrogen and oxygen atoms in total. The van der Waals surface area contributed by atoms with E-state index in [1.54, 1.807) is 11.9 Å². The number of nitrogens with zero attached hydrogens (tertiary/aromatic N) is 6. The van der Waals surface area contributed by atoms with Crippen molar-refractivity contribution in [2.75, 3.05) is 78.5 Å². The summed E-state index contributed by atoms with van der Waals surface area (Å²) in [4.78, 5) is 11.3. The van der Waals surface area contributed by atoms with E-state index in [1.807, 2.05) is 0 Å². The van der Waals surface area contributed by atoms with E-state index in [0.29, 0.717) is 0 Å². The standard InChI is InChI=1S/C48H102N6.2BrH/c1-11-21-35-49(36-22-12-2)47(50(37-23-13-3)38-24-14-4)53(43-29-19-9)45-33-31-32-34-46-54(44-30-20-10)48(51(39-25-15-5)40-26-16-6)52(41-27-17-7)42-28-18-8;;/h11-46H2,1-10H3;2*1H/q+2;;/p-2. The Hall–Kier alpha value is -0.500. The van der Waals surface area contributed by atoms with Crippen LogP contribution in [-0.4, -0.2) is 119 Å². The molecule has 0 saturated carbocycles. The van der Waals surface area contributed by atoms with Crippen molar-refractivity contribution in [1.29, 1.82) is 0 Å². The molecule has 0 spiro atoms. The van der Waals surface area contributed by atoms with E-state index in [9.17, 15) is 0 Å². The van der Waals surface area contributed by atoms with E-state index >= 15 is 0 Å². The van der Waals surface area contributed by atoms with Crippen molar-refractivity contribution >= 4 is 11.9 Å². The highest BCUT2D eigenvalue weighted by molar-refractivity contribution is 5.76. The number of halogens is 2. The fourth-order valence-corrected chi connectivity index (χ4v) is 7.52. The van der Waals surface area contributed by atoms with Crippen LogP contribution in [0.5, 0.6) is 0 Å². The topological polar surface area (TPSA) is 19.0 Å². The summed E-state index contributed by atoms with van der Waals surface area (Å²) in [6, 6.07) is 0. The molecule has 8 heteroatoms. The van der Waals surface area contributed by atoms with Crippen LogP contribution < -0.4 is 34.0 Å². The Labute approximate surface area is 374 Å². The Morgan fingerprint density at radius 3 is 0.607 bits per heavy atom. The molecular weight excluding hydrogens is 820 g/mol. The van der Waals surface area contributed by atoms with Crippen molar-refractivity contribution in [3.8, 4) is 0 Å². The van der Waals surface area contributed by atoms with Crippen molar-refractivity contribution < 1.29 is 43.1 Å². The number of hydrogen-bond donors (Lipinski definition) is 0. The van der Waals surface area contributed by atoms with E-state index in [0.717, 1.165) is 0 Å². The van der Waals surface area contributed by atoms with Gasteiger partial charge in [0.25, 0.3) is 0 Å². The molecule has 0 fully saturated rings. The molecule has 0 aliphatic heterocycles. The van der Waals surface area contributed by atoms with E-state index < -0.39 is 0 Å². The van der Waals surface area contributed by atoms with Gasteiger partial charge in [0.15, 0.2) is 0 Å². The van der Waals surface area contributed by atoms with Gasteiger partial charge in [0.2, 0.25) is 0 Å². The summed E-state index contributed by atoms with van der Waals surface area (Å²) in [5.41, 5.74) is 0. The molecule has 0 rings (SSSR count). The first-order chi connectivity index (χ1) is 26.5. The maximum Gasteiger partial charge on any atom is 0.350 e. The van der Waals surface area contributed by atoms with Crippen molar-refractivity contribution in [1.82, 2.24) is 19.6 Å². The molecule has 56 heavy (non-hydrogen) atoms. The Morgan fingerprint density at radius 1 is 0.250 bits per heavy atom. The van der Waals surface area contributed by atoms with Crippen LogP contribution in [0, 0.1) is 0 Å². The van der Waals surface area contributed by atoms with Crippen LogP contribution >= 0.6 is 0 Å². The highest BCUT2D eigenvalue weighted by Crippen LogP contribution is 2.14. The fraction of sp³-hybridized carbons (Fsp3) is 0.958. The summed E-state index contributed by atoms with van der Waals surface area (Å²) in [7, 11) is 0. The minimum Gasteiger partial charge on any atom is -1.00 e. The van der Waals surface area contributed by atoms with Gasteiger partial charge in [-0.2, -0.15) is 0 Å². The summed E-state index contributed by atoms with van der Waals surface area (Å²) in [6.07, 6.45) is 30.9. The number of rotatable bonds is 37. The minimum atomic E-state index is 0. The van der Waals surface area contributed by atoms with Crippen LogP contribution in [0.25, 0.3) is 0 Å². The predicted molar refractivity (Wildman–Crippen MR) is 244 cm³/mol. The third-order valence-electron chi connectivity index (χ3n) is 11.1. The molecule has 0 saturated heterocycles. The molecule has 0 heterocycles. The van der Waals surface area contributed by atoms with Gasteiger partial charge in [-0.05, 0) is 77.0 Å². The quantitative estimate of drug-likeness (QED) is 0.0307. The van der Waals surface area contributed by atoms with Gasteiger partial charge in [0.1, 0.15) is 0 Å². The molecule has 0 N–H and O–H groups in total. The summed E-state index contributed by atoms with van der Waals surface area (Å²) < 4.78 is 5.75. The smallest absolute Gasteiger partial charge is 0.350 e. The van der Waals surface area contributed by atoms with Crippen LogP contribution in [0.4, 0.5) is 0 Å². The third-order valence-corrected chi connectivity index (χ3v) is 11.1. The lowest BCUT2D eigenvalue weighted by Crippen LogP contribution is -3.00. The Balaban J connectivity index is -0.0000140. The Kier molecular flexibility index (Phi) is 47.1. The normalized spacial score (nSPS) is 10.8. The average molecular weight is 923 g/mol. The van der Waals surface area contributed by atoms with Gasteiger partial charge in [-0.15, -0.1) is 0 Å². The highest BCUT2D eigenvalue weighted by Gasteiger charge is 2.30. The lowest BCUT2D eigenvalue weighted by molar-refractivity contribution is -0.541. The van der Waals surface area contributed by atoms with Crippen molar-refractivity contribution in [2.24, 2.45) is 0 Å². The number of guanidine groups is 2. The summed E-state index contributed by atoms with van der Waals surface area (Å²) in [5, 5.41) is 0. The zero-order valence-corrected chi connectivity index (χ0v) is 43.1. The molecule has 0 radical (unpaired) electrons. The zero-order valence-electron chi connectivity index (χ0n) is 39.9. The van der Waals surface area contributed by atoms with Gasteiger partial charge in [0.05, 0.1) is 78.5 Å². The predicted octanol–water partition coefficient (Wildman–Crippen LogP) is 6.50. The zero-order chi connectivity index (χ0) is 40.1. The average Bonchev–Trinajstić information content (AvgIpc) is 3.19. The van der Waals surface area contributed by atoms with Crippen LogP contribution in [0.2, 0.25) is 0 Å². The lowest BCUT2D eigenvalue weighted by atomic mass is 10.1. The lowest BCUT2D eigenvalue weighted by Gasteiger charge is -2.31. The molecule has 0 aromatic heterocycles. The second kappa shape index (κ2) is 44.1. The first-order valence-electron chi connectivity index (χ1n) is 24.7. The second-order valence-electron chi connectivity index (χ2n) is 16.5. The Bertz CT molecular complexity index is 736. The van der Waals surface area contributed by atoms with Gasteiger partial charge >= 0.3 is 11.9 Å². The third kappa shape index (κ3) is 28.1. The molecule has 0 unspecified atom stereocenters. The van der Waals surface area contributed by atoms with E-state index in [4.69, 9.17) is 0 Å². The fourth-order valence-electron chi connectivity index (χ4n) is 7.52. The number of hydrogen-bond acceptors (Lipinski definition) is 0. The molecule has 338 valence electrons. The number of unbranched alkanes of at least 4 members (excludes halogenated alkanes) is 13. The SMILES string of the molecule is CCCCN(CCCC)C(N(CCCC)CCCC)=[N+](CCCC)CCCCCC[N+](CCCC)=C(N(CCCC)CCCC)N(CCCC)CCCC.[Br-].[Br-]. The van der Waals surface area contributed by atoms with Crippen molar-refractivity contribution in [3.63, 3.8) is 0 Å². The van der Waals surface area contributed by atoms with Gasteiger partial charge < -0.3 is 34.0 Å². The molecule has 0 aromatic carbocycles. The van der Waals surface area contributed by atoms with E-state index in [-0.39, 0.29) is 34.0 Å². The summed E-state index contributed by atoms with van der Waals surface area (Å²) in [5.74, 6) is 3.19. The van der Waals surface area contributed by atoms with Gasteiger partial charge in [-0.25, -0.2) is 0 Å². The molecular formula is C48H102Br2N6. The minimum absolute atomic E-state index is 0. The monoisotopic (exact) mass is 921 g/mol. The van der Waals surface area contributed by atoms with Crippen molar-refractivity contribution in [3.05, 3.63) is 0 Å². The molecule has 0 aliphatic carbocycles. The van der Waals surface area contributed by atoms with Crippen LogP contribution in [0.3, 0.4) is 0 Å². The van der Waals surface area contributed by atoms with Crippen LogP contribution in [-0.2, 0) is 0 Å². The largest absolute Gasteiger partial charge is 1.00 e. The second-order valence-corrected chi connectivity index (χ2v) is 16.5. The molecule has 0 aromatic rings. The van der Waals surface area contributed by atoms with Gasteiger partial charge in [0, 0.05) is 0 Å². The van der Waals surface area contributed by atoms with Gasteiger partial charge in [-0.1, -0.05) is 146 Å². The first-order valence-corrected chi connectivity index (χ1v) is 24.7. The molecule has 0 aliphatic rings. The van der Waals surface area contributed by atoms with E-state index in [2.05, 4.69) is 98.0 Å². The molecule has 0 bridgehead atoms. The molecule has 0 amide bonds. The summed E-state index contributed by atoms with van der Waals surface area (Å²) in [6.45, 7) is 38.1. The van der Waals surface area contributed by atoms with Crippen molar-refractivity contribution in [2.45, 2.75) is 223 Å². The summed E-state index contributed by atoms with van der Waals surface area (Å²) >= 11 is 0. The van der Waals surface area contributed by atoms with Crippen LogP contribution in [0.1, 0.15) is 223 Å². The van der Waals surface area contributed by atoms with Crippen LogP contribution in [0.15, 0.2) is 0 Å².